The topological polar surface area (TPSA) is 66.8 Å². The van der Waals surface area contributed by atoms with Crippen molar-refractivity contribution in [3.63, 3.8) is 0 Å². The highest BCUT2D eigenvalue weighted by Gasteiger charge is 2.47. The van der Waals surface area contributed by atoms with Crippen molar-refractivity contribution in [2.24, 2.45) is 0 Å². The molecule has 3 unspecified atom stereocenters. The molecular formula is C18H16O4. The van der Waals surface area contributed by atoms with Crippen LogP contribution in [0.5, 0.6) is 11.5 Å². The molecular weight excluding hydrogens is 280 g/mol. The summed E-state index contributed by atoms with van der Waals surface area (Å²) in [6, 6.07) is 12.0. The summed E-state index contributed by atoms with van der Waals surface area (Å²) < 4.78 is 5.39. The third-order valence-electron chi connectivity index (χ3n) is 4.75. The van der Waals surface area contributed by atoms with Gasteiger partial charge in [0, 0.05) is 11.8 Å². The summed E-state index contributed by atoms with van der Waals surface area (Å²) in [6.07, 6.45) is 1.31. The van der Waals surface area contributed by atoms with E-state index in [-0.39, 0.29) is 17.6 Å². The first-order valence-corrected chi connectivity index (χ1v) is 7.47. The fraction of sp³-hybridized carbons (Fsp3) is 0.278. The van der Waals surface area contributed by atoms with E-state index in [2.05, 4.69) is 0 Å². The number of benzene rings is 2. The Labute approximate surface area is 128 Å². The zero-order chi connectivity index (χ0) is 15.3. The number of phenols is 1. The molecule has 0 aromatic heterocycles. The summed E-state index contributed by atoms with van der Waals surface area (Å²) in [5, 5.41) is 20.2. The summed E-state index contributed by atoms with van der Waals surface area (Å²) in [6.45, 7) is 0. The predicted octanol–water partition coefficient (Wildman–Crippen LogP) is 2.95. The van der Waals surface area contributed by atoms with Crippen LogP contribution < -0.4 is 4.74 Å². The van der Waals surface area contributed by atoms with Gasteiger partial charge in [-0.3, -0.25) is 0 Å². The number of para-hydroxylation sites is 1. The second-order valence-electron chi connectivity index (χ2n) is 5.98. The number of hydrogen-bond donors (Lipinski definition) is 2. The van der Waals surface area contributed by atoms with Gasteiger partial charge in [0.15, 0.2) is 0 Å². The van der Waals surface area contributed by atoms with E-state index in [9.17, 15) is 15.0 Å². The third kappa shape index (κ3) is 1.91. The van der Waals surface area contributed by atoms with Crippen LogP contribution in [0.1, 0.15) is 46.2 Å². The molecule has 0 aliphatic heterocycles. The number of fused-ring (bicyclic) bond motifs is 5. The lowest BCUT2D eigenvalue weighted by atomic mass is 9.88. The SMILES string of the molecule is O=C(Oc1ccccc1)c1cc(O)cc2c1C1CCC2C1O. The van der Waals surface area contributed by atoms with Crippen LogP contribution in [0.2, 0.25) is 0 Å². The van der Waals surface area contributed by atoms with Gasteiger partial charge in [0.2, 0.25) is 0 Å². The molecule has 4 rings (SSSR count). The highest BCUT2D eigenvalue weighted by atomic mass is 16.5. The van der Waals surface area contributed by atoms with E-state index in [0.717, 1.165) is 24.0 Å². The van der Waals surface area contributed by atoms with Gasteiger partial charge in [0.25, 0.3) is 0 Å². The molecule has 3 atom stereocenters. The molecule has 2 aromatic carbocycles. The molecule has 4 heteroatoms. The zero-order valence-corrected chi connectivity index (χ0v) is 11.9. The molecule has 2 bridgehead atoms. The van der Waals surface area contributed by atoms with Gasteiger partial charge in [-0.2, -0.15) is 0 Å². The van der Waals surface area contributed by atoms with Crippen molar-refractivity contribution < 1.29 is 19.7 Å². The average Bonchev–Trinajstić information content (AvgIpc) is 3.01. The van der Waals surface area contributed by atoms with E-state index in [4.69, 9.17) is 4.74 Å². The number of aliphatic hydroxyl groups excluding tert-OH is 1. The fourth-order valence-corrected chi connectivity index (χ4v) is 3.84. The second kappa shape index (κ2) is 4.85. The minimum Gasteiger partial charge on any atom is -0.508 e. The standard InChI is InChI=1S/C18H16O4/c19-10-8-14-12-6-7-13(17(12)20)16(14)15(9-10)18(21)22-11-4-2-1-3-5-11/h1-5,8-9,12-13,17,19-20H,6-7H2. The van der Waals surface area contributed by atoms with Crippen molar-refractivity contribution >= 4 is 5.97 Å². The van der Waals surface area contributed by atoms with Gasteiger partial charge in [-0.25, -0.2) is 4.79 Å². The second-order valence-corrected chi connectivity index (χ2v) is 5.98. The molecule has 0 saturated heterocycles. The monoisotopic (exact) mass is 296 g/mol. The van der Waals surface area contributed by atoms with Crippen LogP contribution in [-0.2, 0) is 0 Å². The summed E-state index contributed by atoms with van der Waals surface area (Å²) in [7, 11) is 0. The van der Waals surface area contributed by atoms with Crippen LogP contribution >= 0.6 is 0 Å². The summed E-state index contributed by atoms with van der Waals surface area (Å²) >= 11 is 0. The Morgan fingerprint density at radius 3 is 2.59 bits per heavy atom. The average molecular weight is 296 g/mol. The molecule has 22 heavy (non-hydrogen) atoms. The maximum Gasteiger partial charge on any atom is 0.343 e. The Balaban J connectivity index is 1.74. The van der Waals surface area contributed by atoms with E-state index >= 15 is 0 Å². The van der Waals surface area contributed by atoms with Gasteiger partial charge in [0.1, 0.15) is 11.5 Å². The van der Waals surface area contributed by atoms with E-state index in [0.29, 0.717) is 11.3 Å². The van der Waals surface area contributed by atoms with Crippen LogP contribution in [-0.4, -0.2) is 22.3 Å². The van der Waals surface area contributed by atoms with Gasteiger partial charge in [-0.1, -0.05) is 18.2 Å². The molecule has 1 saturated carbocycles. The predicted molar refractivity (Wildman–Crippen MR) is 80.2 cm³/mol. The number of rotatable bonds is 2. The van der Waals surface area contributed by atoms with Gasteiger partial charge in [-0.05, 0) is 48.2 Å². The maximum atomic E-state index is 12.5. The Morgan fingerprint density at radius 1 is 1.09 bits per heavy atom. The lowest BCUT2D eigenvalue weighted by molar-refractivity contribution is 0.0732. The van der Waals surface area contributed by atoms with Gasteiger partial charge in [0.05, 0.1) is 11.7 Å². The van der Waals surface area contributed by atoms with Crippen LogP contribution in [0.3, 0.4) is 0 Å². The first kappa shape index (κ1) is 13.3. The van der Waals surface area contributed by atoms with Crippen molar-refractivity contribution in [2.75, 3.05) is 0 Å². The molecule has 0 radical (unpaired) electrons. The van der Waals surface area contributed by atoms with E-state index in [1.807, 2.05) is 6.07 Å². The van der Waals surface area contributed by atoms with Crippen molar-refractivity contribution in [3.8, 4) is 11.5 Å². The number of aromatic hydroxyl groups is 1. The first-order valence-electron chi connectivity index (χ1n) is 7.47. The van der Waals surface area contributed by atoms with Gasteiger partial charge in [-0.15, -0.1) is 0 Å². The van der Waals surface area contributed by atoms with E-state index < -0.39 is 12.1 Å². The van der Waals surface area contributed by atoms with Crippen molar-refractivity contribution in [1.82, 2.24) is 0 Å². The van der Waals surface area contributed by atoms with Gasteiger partial charge >= 0.3 is 5.97 Å². The summed E-state index contributed by atoms with van der Waals surface area (Å²) in [5.41, 5.74) is 2.11. The largest absolute Gasteiger partial charge is 0.508 e. The number of ether oxygens (including phenoxy) is 1. The number of aliphatic hydroxyl groups is 1. The van der Waals surface area contributed by atoms with E-state index in [1.54, 1.807) is 30.3 Å². The van der Waals surface area contributed by atoms with Crippen LogP contribution in [0.25, 0.3) is 0 Å². The number of carbonyl (C=O) groups is 1. The molecule has 112 valence electrons. The van der Waals surface area contributed by atoms with Crippen molar-refractivity contribution in [2.45, 2.75) is 30.8 Å². The molecule has 2 aromatic rings. The zero-order valence-electron chi connectivity index (χ0n) is 11.9. The maximum absolute atomic E-state index is 12.5. The lowest BCUT2D eigenvalue weighted by Crippen LogP contribution is -2.15. The number of carbonyl (C=O) groups excluding carboxylic acids is 1. The molecule has 0 heterocycles. The normalized spacial score (nSPS) is 25.0. The number of phenolic OH excluding ortho intramolecular Hbond substituents is 1. The molecule has 2 aliphatic rings. The highest BCUT2D eigenvalue weighted by molar-refractivity contribution is 5.94. The smallest absolute Gasteiger partial charge is 0.343 e. The lowest BCUT2D eigenvalue weighted by Gasteiger charge is -2.18. The number of esters is 1. The van der Waals surface area contributed by atoms with Crippen molar-refractivity contribution in [3.05, 3.63) is 59.2 Å². The van der Waals surface area contributed by atoms with Crippen LogP contribution in [0.4, 0.5) is 0 Å². The number of hydrogen-bond acceptors (Lipinski definition) is 4. The molecule has 1 fully saturated rings. The highest BCUT2D eigenvalue weighted by Crippen LogP contribution is 2.55. The van der Waals surface area contributed by atoms with Gasteiger partial charge < -0.3 is 14.9 Å². The van der Waals surface area contributed by atoms with Crippen LogP contribution in [0.15, 0.2) is 42.5 Å². The fourth-order valence-electron chi connectivity index (χ4n) is 3.84. The molecule has 0 spiro atoms. The molecule has 0 amide bonds. The minimum absolute atomic E-state index is 0.0235. The Bertz CT molecular complexity index is 738. The summed E-state index contributed by atoms with van der Waals surface area (Å²) in [5.74, 6) is 0.0132. The Morgan fingerprint density at radius 2 is 1.82 bits per heavy atom. The quantitative estimate of drug-likeness (QED) is 0.660. The van der Waals surface area contributed by atoms with E-state index in [1.165, 1.54) is 6.07 Å². The Hall–Kier alpha value is -2.33. The molecule has 4 nitrogen and oxygen atoms in total. The minimum atomic E-state index is -0.488. The first-order chi connectivity index (χ1) is 10.6. The Kier molecular flexibility index (Phi) is 2.94. The van der Waals surface area contributed by atoms with Crippen LogP contribution in [0, 0.1) is 0 Å². The molecule has 2 aliphatic carbocycles. The molecule has 2 N–H and O–H groups in total. The summed E-state index contributed by atoms with van der Waals surface area (Å²) in [4.78, 5) is 12.5. The third-order valence-corrected chi connectivity index (χ3v) is 4.75. The van der Waals surface area contributed by atoms with Crippen molar-refractivity contribution in [1.29, 1.82) is 0 Å².